The quantitative estimate of drug-likeness (QED) is 0.786. The molecule has 0 aromatic carbocycles. The predicted octanol–water partition coefficient (Wildman–Crippen LogP) is 3.07. The minimum absolute atomic E-state index is 0.147. The Bertz CT molecular complexity index is 416. The Morgan fingerprint density at radius 1 is 1.41 bits per heavy atom. The van der Waals surface area contributed by atoms with Gasteiger partial charge in [0.25, 0.3) is 0 Å². The molecule has 0 saturated carbocycles. The summed E-state index contributed by atoms with van der Waals surface area (Å²) in [5, 5.41) is 1.75. The molecular weight excluding hydrogens is 278 g/mol. The first kappa shape index (κ1) is 15.0. The number of alkyl halides is 1. The summed E-state index contributed by atoms with van der Waals surface area (Å²) in [4.78, 5) is 0. The van der Waals surface area contributed by atoms with Crippen LogP contribution in [0.2, 0.25) is 0 Å². The van der Waals surface area contributed by atoms with Crippen LogP contribution in [0.4, 0.5) is 0 Å². The van der Waals surface area contributed by atoms with E-state index in [9.17, 15) is 8.42 Å². The summed E-state index contributed by atoms with van der Waals surface area (Å²) >= 11 is 7.17. The van der Waals surface area contributed by atoms with E-state index < -0.39 is 10.0 Å². The van der Waals surface area contributed by atoms with Crippen molar-refractivity contribution in [3.63, 3.8) is 0 Å². The Hall–Kier alpha value is -0.100. The number of hydrogen-bond acceptors (Lipinski definition) is 3. The molecule has 1 aromatic heterocycles. The number of hydrogen-bond donors (Lipinski definition) is 1. The highest BCUT2D eigenvalue weighted by Gasteiger charge is 2.27. The van der Waals surface area contributed by atoms with Gasteiger partial charge in [-0.3, -0.25) is 0 Å². The molecule has 1 heterocycles. The van der Waals surface area contributed by atoms with E-state index in [1.54, 1.807) is 17.5 Å². The summed E-state index contributed by atoms with van der Waals surface area (Å²) in [5.74, 6) is 0.465. The fourth-order valence-electron chi connectivity index (χ4n) is 1.47. The zero-order valence-corrected chi connectivity index (χ0v) is 12.5. The number of rotatable bonds is 7. The van der Waals surface area contributed by atoms with Crippen LogP contribution < -0.4 is 4.72 Å². The molecule has 0 atom stereocenters. The molecule has 6 heteroatoms. The van der Waals surface area contributed by atoms with E-state index in [-0.39, 0.29) is 5.41 Å². The first-order valence-electron chi connectivity index (χ1n) is 5.59. The highest BCUT2D eigenvalue weighted by atomic mass is 35.5. The van der Waals surface area contributed by atoms with E-state index in [4.69, 9.17) is 11.6 Å². The summed E-state index contributed by atoms with van der Waals surface area (Å²) in [6.45, 7) is 4.46. The molecule has 1 aromatic rings. The van der Waals surface area contributed by atoms with Crippen molar-refractivity contribution in [1.82, 2.24) is 4.72 Å². The normalized spacial score (nSPS) is 12.9. The SMILES string of the molecule is CCC(CC)(CCl)CNS(=O)(=O)c1cccs1. The second kappa shape index (κ2) is 6.18. The molecule has 0 unspecified atom stereocenters. The van der Waals surface area contributed by atoms with Gasteiger partial charge in [0.15, 0.2) is 0 Å². The minimum Gasteiger partial charge on any atom is -0.210 e. The molecule has 0 fully saturated rings. The summed E-state index contributed by atoms with van der Waals surface area (Å²) in [7, 11) is -3.37. The van der Waals surface area contributed by atoms with E-state index in [1.807, 2.05) is 13.8 Å². The number of thiophene rings is 1. The molecule has 1 rings (SSSR count). The van der Waals surface area contributed by atoms with E-state index in [0.717, 1.165) is 12.8 Å². The number of sulfonamides is 1. The lowest BCUT2D eigenvalue weighted by Crippen LogP contribution is -2.38. The van der Waals surface area contributed by atoms with Crippen molar-refractivity contribution < 1.29 is 8.42 Å². The van der Waals surface area contributed by atoms with Gasteiger partial charge in [-0.15, -0.1) is 22.9 Å². The van der Waals surface area contributed by atoms with Gasteiger partial charge in [-0.05, 0) is 29.7 Å². The molecule has 0 aliphatic heterocycles. The monoisotopic (exact) mass is 295 g/mol. The average molecular weight is 296 g/mol. The number of nitrogens with one attached hydrogen (secondary N) is 1. The van der Waals surface area contributed by atoms with Crippen molar-refractivity contribution in [2.45, 2.75) is 30.9 Å². The summed E-state index contributed by atoms with van der Waals surface area (Å²) in [6, 6.07) is 3.33. The fourth-order valence-corrected chi connectivity index (χ4v) is 4.14. The van der Waals surface area contributed by atoms with Crippen molar-refractivity contribution in [1.29, 1.82) is 0 Å². The lowest BCUT2D eigenvalue weighted by molar-refractivity contribution is 0.305. The molecule has 0 aliphatic rings. The summed E-state index contributed by atoms with van der Waals surface area (Å²) < 4.78 is 26.9. The van der Waals surface area contributed by atoms with Crippen molar-refractivity contribution >= 4 is 33.0 Å². The summed E-state index contributed by atoms with van der Waals surface area (Å²) in [5.41, 5.74) is -0.147. The fraction of sp³-hybridized carbons (Fsp3) is 0.636. The van der Waals surface area contributed by atoms with Crippen molar-refractivity contribution in [2.24, 2.45) is 5.41 Å². The van der Waals surface area contributed by atoms with Gasteiger partial charge >= 0.3 is 0 Å². The molecule has 3 nitrogen and oxygen atoms in total. The van der Waals surface area contributed by atoms with Crippen LogP contribution in [0.15, 0.2) is 21.7 Å². The van der Waals surface area contributed by atoms with Gasteiger partial charge in [-0.25, -0.2) is 13.1 Å². The molecule has 98 valence electrons. The zero-order chi connectivity index (χ0) is 12.9. The molecule has 0 spiro atoms. The van der Waals surface area contributed by atoms with Crippen LogP contribution in [0, 0.1) is 5.41 Å². The van der Waals surface area contributed by atoms with Crippen LogP contribution >= 0.6 is 22.9 Å². The topological polar surface area (TPSA) is 46.2 Å². The zero-order valence-electron chi connectivity index (χ0n) is 10.1. The van der Waals surface area contributed by atoms with E-state index >= 15 is 0 Å². The largest absolute Gasteiger partial charge is 0.250 e. The van der Waals surface area contributed by atoms with E-state index in [2.05, 4.69) is 4.72 Å². The van der Waals surface area contributed by atoms with Crippen LogP contribution in [-0.2, 0) is 10.0 Å². The average Bonchev–Trinajstić information content (AvgIpc) is 2.86. The third-order valence-electron chi connectivity index (χ3n) is 3.18. The van der Waals surface area contributed by atoms with Gasteiger partial charge in [-0.2, -0.15) is 0 Å². The molecule has 0 amide bonds. The van der Waals surface area contributed by atoms with E-state index in [1.165, 1.54) is 11.3 Å². The standard InChI is InChI=1S/C11H18ClNO2S2/c1-3-11(4-2,8-12)9-13-17(14,15)10-6-5-7-16-10/h5-7,13H,3-4,8-9H2,1-2H3. The Kier molecular flexibility index (Phi) is 5.44. The molecule has 0 saturated heterocycles. The maximum absolute atomic E-state index is 11.9. The first-order valence-corrected chi connectivity index (χ1v) is 8.48. The van der Waals surface area contributed by atoms with Crippen molar-refractivity contribution in [2.75, 3.05) is 12.4 Å². The van der Waals surface area contributed by atoms with Gasteiger partial charge in [0, 0.05) is 12.4 Å². The molecule has 0 bridgehead atoms. The molecule has 17 heavy (non-hydrogen) atoms. The van der Waals surface area contributed by atoms with Crippen molar-refractivity contribution in [3.05, 3.63) is 17.5 Å². The lowest BCUT2D eigenvalue weighted by Gasteiger charge is -2.29. The first-order chi connectivity index (χ1) is 7.99. The van der Waals surface area contributed by atoms with Crippen LogP contribution in [0.3, 0.4) is 0 Å². The maximum Gasteiger partial charge on any atom is 0.250 e. The highest BCUT2D eigenvalue weighted by molar-refractivity contribution is 7.91. The van der Waals surface area contributed by atoms with Crippen LogP contribution in [0.5, 0.6) is 0 Å². The van der Waals surface area contributed by atoms with Crippen LogP contribution in [-0.4, -0.2) is 20.8 Å². The van der Waals surface area contributed by atoms with Gasteiger partial charge in [0.05, 0.1) is 0 Å². The highest BCUT2D eigenvalue weighted by Crippen LogP contribution is 2.28. The van der Waals surface area contributed by atoms with Gasteiger partial charge in [0.1, 0.15) is 4.21 Å². The van der Waals surface area contributed by atoms with Gasteiger partial charge < -0.3 is 0 Å². The van der Waals surface area contributed by atoms with Crippen molar-refractivity contribution in [3.8, 4) is 0 Å². The third kappa shape index (κ3) is 3.68. The van der Waals surface area contributed by atoms with Gasteiger partial charge in [0.2, 0.25) is 10.0 Å². The van der Waals surface area contributed by atoms with Crippen LogP contribution in [0.25, 0.3) is 0 Å². The van der Waals surface area contributed by atoms with Gasteiger partial charge in [-0.1, -0.05) is 19.9 Å². The maximum atomic E-state index is 11.9. The second-order valence-electron chi connectivity index (χ2n) is 4.10. The Balaban J connectivity index is 2.73. The second-order valence-corrected chi connectivity index (χ2v) is 7.31. The molecule has 0 radical (unpaired) electrons. The minimum atomic E-state index is -3.37. The molecule has 1 N–H and O–H groups in total. The Morgan fingerprint density at radius 2 is 2.06 bits per heavy atom. The molecular formula is C11H18ClNO2S2. The predicted molar refractivity (Wildman–Crippen MR) is 73.2 cm³/mol. The van der Waals surface area contributed by atoms with Crippen LogP contribution in [0.1, 0.15) is 26.7 Å². The lowest BCUT2D eigenvalue weighted by atomic mass is 9.85. The smallest absolute Gasteiger partial charge is 0.210 e. The van der Waals surface area contributed by atoms with E-state index in [0.29, 0.717) is 16.6 Å². The number of halogens is 1. The Labute approximate surface area is 112 Å². The summed E-state index contributed by atoms with van der Waals surface area (Å²) in [6.07, 6.45) is 1.72. The third-order valence-corrected chi connectivity index (χ3v) is 6.55. The molecule has 0 aliphatic carbocycles. The Morgan fingerprint density at radius 3 is 2.47 bits per heavy atom.